The van der Waals surface area contributed by atoms with Crippen LogP contribution >= 0.6 is 0 Å². The van der Waals surface area contributed by atoms with Crippen LogP contribution < -0.4 is 20.4 Å². The monoisotopic (exact) mass is 554 g/mol. The van der Waals surface area contributed by atoms with Gasteiger partial charge in [0.05, 0.1) is 11.9 Å². The average Bonchev–Trinajstić information content (AvgIpc) is 2.67. The van der Waals surface area contributed by atoms with E-state index in [2.05, 4.69) is 13.8 Å². The van der Waals surface area contributed by atoms with E-state index in [9.17, 15) is 39.6 Å². The molecule has 0 aromatic heterocycles. The number of aliphatic hydroxyl groups is 2. The Balaban J connectivity index is -0.000000382. The average molecular weight is 553 g/mol. The van der Waals surface area contributed by atoms with E-state index in [-0.39, 0.29) is 34.0 Å². The molecule has 11 heteroatoms. The second kappa shape index (κ2) is 19.3. The molecule has 0 heterocycles. The fourth-order valence-corrected chi connectivity index (χ4v) is 6.05. The van der Waals surface area contributed by atoms with Crippen molar-refractivity contribution < 1.29 is 49.8 Å². The van der Waals surface area contributed by atoms with E-state index >= 15 is 0 Å². The number of unbranched alkanes of at least 4 members (excludes halogenated alkanes) is 2. The molecule has 0 aliphatic heterocycles. The van der Waals surface area contributed by atoms with Crippen molar-refractivity contribution in [2.75, 3.05) is 0 Å². The third kappa shape index (κ3) is 19.0. The Kier molecular flexibility index (Phi) is 21.3. The second-order valence-electron chi connectivity index (χ2n) is 6.90. The zero-order chi connectivity index (χ0) is 25.1. The SMILES string of the molecule is CCC(O)(CC(=O)[O-])C(=O)[O-].CCC(O)(CC(=O)[O-])C(=O)[O-].CCC[CH2][Sn+4][CH2]CCC. The summed E-state index contributed by atoms with van der Waals surface area (Å²) in [7, 11) is 0. The Labute approximate surface area is 193 Å². The molecule has 0 amide bonds. The van der Waals surface area contributed by atoms with Gasteiger partial charge < -0.3 is 49.8 Å². The number of carbonyl (C=O) groups excluding carboxylic acids is 4. The van der Waals surface area contributed by atoms with E-state index in [0.29, 0.717) is 0 Å². The van der Waals surface area contributed by atoms with Gasteiger partial charge in [-0.3, -0.25) is 0 Å². The molecular formula is C20H34O10Sn. The fourth-order valence-electron chi connectivity index (χ4n) is 1.89. The number of hydrogen-bond acceptors (Lipinski definition) is 10. The third-order valence-corrected chi connectivity index (χ3v) is 8.25. The van der Waals surface area contributed by atoms with Crippen LogP contribution in [0.5, 0.6) is 0 Å². The number of hydrogen-bond donors (Lipinski definition) is 2. The molecule has 0 bridgehead atoms. The topological polar surface area (TPSA) is 201 Å². The molecule has 0 fully saturated rings. The minimum absolute atomic E-state index is 0.149. The predicted octanol–water partition coefficient (Wildman–Crippen LogP) is -2.84. The molecule has 0 saturated carbocycles. The minimum atomic E-state index is -2.29. The first-order valence-corrected chi connectivity index (χ1v) is 14.3. The van der Waals surface area contributed by atoms with E-state index in [0.717, 1.165) is 0 Å². The first kappa shape index (κ1) is 34.2. The van der Waals surface area contributed by atoms with Crippen molar-refractivity contribution in [2.24, 2.45) is 0 Å². The molecule has 2 atom stereocenters. The summed E-state index contributed by atoms with van der Waals surface area (Å²) >= 11 is 0.149. The molecule has 0 aromatic rings. The van der Waals surface area contributed by atoms with Gasteiger partial charge in [-0.15, -0.1) is 0 Å². The summed E-state index contributed by atoms with van der Waals surface area (Å²) in [5, 5.41) is 58.1. The van der Waals surface area contributed by atoms with Crippen LogP contribution in [0.4, 0.5) is 0 Å². The molecule has 2 unspecified atom stereocenters. The molecule has 0 aliphatic carbocycles. The molecule has 31 heavy (non-hydrogen) atoms. The quantitative estimate of drug-likeness (QED) is 0.167. The number of rotatable bonds is 14. The molecule has 6 radical (unpaired) electrons. The van der Waals surface area contributed by atoms with Crippen LogP contribution in [-0.4, -0.2) is 66.4 Å². The Bertz CT molecular complexity index is 494. The van der Waals surface area contributed by atoms with Crippen LogP contribution in [0, 0.1) is 0 Å². The van der Waals surface area contributed by atoms with Gasteiger partial charge in [0, 0.05) is 24.8 Å². The summed E-state index contributed by atoms with van der Waals surface area (Å²) < 4.78 is 3.25. The molecular weight excluding hydrogens is 519 g/mol. The van der Waals surface area contributed by atoms with Gasteiger partial charge in [-0.25, -0.2) is 0 Å². The molecule has 0 aromatic carbocycles. The van der Waals surface area contributed by atoms with Gasteiger partial charge in [0.25, 0.3) is 0 Å². The summed E-state index contributed by atoms with van der Waals surface area (Å²) in [5.74, 6) is -6.80. The van der Waals surface area contributed by atoms with Crippen molar-refractivity contribution in [1.82, 2.24) is 0 Å². The standard InChI is InChI=1S/2C6H10O5.2C4H9.Sn/c2*1-2-6(11,5(9)10)3-4(7)8;2*1-3-4-2;/h2*11H,2-3H2,1H3,(H,7,8)(H,9,10);2*1,3-4H2,2H3;/q;;;;+4/p-4. The Hall–Kier alpha value is -1.40. The normalized spacial score (nSPS) is 13.9. The van der Waals surface area contributed by atoms with Gasteiger partial charge in [-0.2, -0.15) is 0 Å². The van der Waals surface area contributed by atoms with Crippen LogP contribution in [-0.2, 0) is 19.2 Å². The van der Waals surface area contributed by atoms with E-state index in [1.54, 1.807) is 8.87 Å². The predicted molar refractivity (Wildman–Crippen MR) is 105 cm³/mol. The summed E-state index contributed by atoms with van der Waals surface area (Å²) in [4.78, 5) is 40.1. The Morgan fingerprint density at radius 3 is 1.10 bits per heavy atom. The van der Waals surface area contributed by atoms with Crippen molar-refractivity contribution in [1.29, 1.82) is 0 Å². The van der Waals surface area contributed by atoms with Gasteiger partial charge in [0.2, 0.25) is 0 Å². The molecule has 178 valence electrons. The van der Waals surface area contributed by atoms with Crippen LogP contribution in [0.15, 0.2) is 0 Å². The summed E-state index contributed by atoms with van der Waals surface area (Å²) in [5.41, 5.74) is -4.59. The molecule has 0 aliphatic rings. The summed E-state index contributed by atoms with van der Waals surface area (Å²) in [6, 6.07) is 0. The maximum absolute atomic E-state index is 10.1. The van der Waals surface area contributed by atoms with Crippen molar-refractivity contribution in [3.8, 4) is 0 Å². The van der Waals surface area contributed by atoms with Gasteiger partial charge >= 0.3 is 69.5 Å². The van der Waals surface area contributed by atoms with Gasteiger partial charge in [0.15, 0.2) is 0 Å². The van der Waals surface area contributed by atoms with Gasteiger partial charge in [-0.05, 0) is 12.8 Å². The zero-order valence-corrected chi connectivity index (χ0v) is 21.6. The fraction of sp³-hybridized carbons (Fsp3) is 0.800. The molecule has 2 N–H and O–H groups in total. The van der Waals surface area contributed by atoms with Crippen molar-refractivity contribution in [3.63, 3.8) is 0 Å². The van der Waals surface area contributed by atoms with Crippen LogP contribution in [0.25, 0.3) is 0 Å². The zero-order valence-electron chi connectivity index (χ0n) is 18.7. The van der Waals surface area contributed by atoms with Crippen LogP contribution in [0.3, 0.4) is 0 Å². The van der Waals surface area contributed by atoms with E-state index in [1.165, 1.54) is 39.5 Å². The molecule has 10 nitrogen and oxygen atoms in total. The van der Waals surface area contributed by atoms with Gasteiger partial charge in [0.1, 0.15) is 11.2 Å². The van der Waals surface area contributed by atoms with Crippen molar-refractivity contribution in [3.05, 3.63) is 0 Å². The van der Waals surface area contributed by atoms with E-state index in [4.69, 9.17) is 10.2 Å². The third-order valence-electron chi connectivity index (χ3n) is 4.22. The number of carboxylic acids is 4. The summed E-state index contributed by atoms with van der Waals surface area (Å²) in [6.45, 7) is 7.27. The number of carboxylic acid groups (broad SMARTS) is 4. The molecule has 0 rings (SSSR count). The molecule has 0 spiro atoms. The molecule has 0 saturated heterocycles. The summed E-state index contributed by atoms with van der Waals surface area (Å²) in [6.07, 6.45) is 3.52. The Morgan fingerprint density at radius 2 is 0.968 bits per heavy atom. The first-order valence-electron chi connectivity index (χ1n) is 10.2. The Morgan fingerprint density at radius 1 is 0.677 bits per heavy atom. The number of aliphatic carboxylic acids is 4. The maximum atomic E-state index is 10.1. The number of carbonyl (C=O) groups is 4. The van der Waals surface area contributed by atoms with Gasteiger partial charge in [-0.1, -0.05) is 13.8 Å². The van der Waals surface area contributed by atoms with E-state index < -0.39 is 47.9 Å². The van der Waals surface area contributed by atoms with E-state index in [1.807, 2.05) is 0 Å². The van der Waals surface area contributed by atoms with Crippen molar-refractivity contribution >= 4 is 45.0 Å². The first-order chi connectivity index (χ1) is 14.3. The van der Waals surface area contributed by atoms with Crippen LogP contribution in [0.2, 0.25) is 8.87 Å². The second-order valence-corrected chi connectivity index (χ2v) is 11.2. The van der Waals surface area contributed by atoms with Crippen LogP contribution in [0.1, 0.15) is 79.1 Å². The van der Waals surface area contributed by atoms with Crippen molar-refractivity contribution in [2.45, 2.75) is 99.1 Å².